The van der Waals surface area contributed by atoms with E-state index >= 15 is 0 Å². The molecule has 0 aliphatic rings. The van der Waals surface area contributed by atoms with Crippen LogP contribution in [0, 0.1) is 17.2 Å². The third kappa shape index (κ3) is 5.67. The van der Waals surface area contributed by atoms with Gasteiger partial charge in [-0.15, -0.1) is 0 Å². The van der Waals surface area contributed by atoms with E-state index < -0.39 is 0 Å². The first-order valence-electron chi connectivity index (χ1n) is 5.81. The van der Waals surface area contributed by atoms with Crippen molar-refractivity contribution in [2.45, 2.75) is 26.8 Å². The quantitative estimate of drug-likeness (QED) is 0.780. The first kappa shape index (κ1) is 14.0. The molecule has 1 aromatic rings. The summed E-state index contributed by atoms with van der Waals surface area (Å²) in [6.07, 6.45) is 2.27. The second kappa shape index (κ2) is 7.26. The molecule has 1 heterocycles. The molecule has 0 bridgehead atoms. The average molecular weight is 252 g/mol. The van der Waals surface area contributed by atoms with E-state index in [-0.39, 0.29) is 0 Å². The SMILES string of the molecule is CC(C)CN(CCC#N)Cc1cc(Cl)ccn1. The molecule has 0 saturated carbocycles. The highest BCUT2D eigenvalue weighted by atomic mass is 35.5. The maximum Gasteiger partial charge on any atom is 0.0635 e. The lowest BCUT2D eigenvalue weighted by Gasteiger charge is -2.22. The van der Waals surface area contributed by atoms with Crippen molar-refractivity contribution >= 4 is 11.6 Å². The molecule has 0 saturated heterocycles. The number of aromatic nitrogens is 1. The second-order valence-electron chi connectivity index (χ2n) is 4.50. The van der Waals surface area contributed by atoms with Crippen LogP contribution in [-0.2, 0) is 6.54 Å². The van der Waals surface area contributed by atoms with E-state index in [1.807, 2.05) is 6.07 Å². The minimum Gasteiger partial charge on any atom is -0.296 e. The summed E-state index contributed by atoms with van der Waals surface area (Å²) in [6, 6.07) is 5.83. The first-order valence-corrected chi connectivity index (χ1v) is 6.19. The number of hydrogen-bond donors (Lipinski definition) is 0. The molecule has 17 heavy (non-hydrogen) atoms. The second-order valence-corrected chi connectivity index (χ2v) is 4.94. The topological polar surface area (TPSA) is 39.9 Å². The van der Waals surface area contributed by atoms with Gasteiger partial charge in [-0.3, -0.25) is 9.88 Å². The van der Waals surface area contributed by atoms with Crippen molar-refractivity contribution in [3.63, 3.8) is 0 Å². The molecule has 0 amide bonds. The molecule has 0 N–H and O–H groups in total. The molecule has 0 spiro atoms. The van der Waals surface area contributed by atoms with Gasteiger partial charge in [0, 0.05) is 37.3 Å². The Hall–Kier alpha value is -1.11. The lowest BCUT2D eigenvalue weighted by molar-refractivity contribution is 0.238. The Balaban J connectivity index is 2.61. The lowest BCUT2D eigenvalue weighted by Crippen LogP contribution is -2.28. The van der Waals surface area contributed by atoms with E-state index in [1.54, 1.807) is 12.3 Å². The van der Waals surface area contributed by atoms with Gasteiger partial charge in [-0.25, -0.2) is 0 Å². The van der Waals surface area contributed by atoms with Gasteiger partial charge in [0.15, 0.2) is 0 Å². The molecule has 3 nitrogen and oxygen atoms in total. The summed E-state index contributed by atoms with van der Waals surface area (Å²) < 4.78 is 0. The molecule has 0 aliphatic heterocycles. The van der Waals surface area contributed by atoms with Gasteiger partial charge < -0.3 is 0 Å². The predicted octanol–water partition coefficient (Wildman–Crippen LogP) is 3.11. The van der Waals surface area contributed by atoms with Gasteiger partial charge >= 0.3 is 0 Å². The van der Waals surface area contributed by atoms with Crippen LogP contribution in [0.25, 0.3) is 0 Å². The molecule has 92 valence electrons. The highest BCUT2D eigenvalue weighted by Gasteiger charge is 2.08. The number of hydrogen-bond acceptors (Lipinski definition) is 3. The molecule has 4 heteroatoms. The monoisotopic (exact) mass is 251 g/mol. The van der Waals surface area contributed by atoms with E-state index in [0.29, 0.717) is 17.4 Å². The summed E-state index contributed by atoms with van der Waals surface area (Å²) in [4.78, 5) is 6.53. The molecular formula is C13H18ClN3. The van der Waals surface area contributed by atoms with Crippen LogP contribution < -0.4 is 0 Å². The Morgan fingerprint density at radius 3 is 2.88 bits per heavy atom. The molecule has 1 aromatic heterocycles. The molecule has 0 fully saturated rings. The van der Waals surface area contributed by atoms with Crippen molar-refractivity contribution in [2.24, 2.45) is 5.92 Å². The standard InChI is InChI=1S/C13H18ClN3/c1-11(2)9-17(7-3-5-15)10-13-8-12(14)4-6-16-13/h4,6,8,11H,3,7,9-10H2,1-2H3. The van der Waals surface area contributed by atoms with Gasteiger partial charge in [-0.1, -0.05) is 25.4 Å². The van der Waals surface area contributed by atoms with E-state index in [2.05, 4.69) is 29.8 Å². The molecule has 0 radical (unpaired) electrons. The third-order valence-corrected chi connectivity index (χ3v) is 2.56. The summed E-state index contributed by atoms with van der Waals surface area (Å²) in [5.74, 6) is 0.577. The maximum absolute atomic E-state index is 8.65. The zero-order chi connectivity index (χ0) is 12.7. The van der Waals surface area contributed by atoms with Crippen molar-refractivity contribution in [1.29, 1.82) is 5.26 Å². The lowest BCUT2D eigenvalue weighted by atomic mass is 10.2. The molecule has 1 rings (SSSR count). The molecule has 0 aromatic carbocycles. The summed E-state index contributed by atoms with van der Waals surface area (Å²) in [5, 5.41) is 9.35. The molecule has 0 aliphatic carbocycles. The fraction of sp³-hybridized carbons (Fsp3) is 0.538. The molecule has 0 unspecified atom stereocenters. The summed E-state index contributed by atoms with van der Waals surface area (Å²) in [5.41, 5.74) is 0.955. The van der Waals surface area contributed by atoms with Crippen molar-refractivity contribution in [3.05, 3.63) is 29.0 Å². The van der Waals surface area contributed by atoms with E-state index in [0.717, 1.165) is 25.3 Å². The van der Waals surface area contributed by atoms with Gasteiger partial charge in [-0.2, -0.15) is 5.26 Å². The number of nitriles is 1. The van der Waals surface area contributed by atoms with Crippen LogP contribution in [0.2, 0.25) is 5.02 Å². The minimum absolute atomic E-state index is 0.549. The van der Waals surface area contributed by atoms with Gasteiger partial charge in [0.2, 0.25) is 0 Å². The number of halogens is 1. The van der Waals surface area contributed by atoms with E-state index in [1.165, 1.54) is 0 Å². The van der Waals surface area contributed by atoms with Gasteiger partial charge in [0.05, 0.1) is 11.8 Å². The van der Waals surface area contributed by atoms with Crippen LogP contribution in [0.5, 0.6) is 0 Å². The van der Waals surface area contributed by atoms with Crippen molar-refractivity contribution in [1.82, 2.24) is 9.88 Å². The average Bonchev–Trinajstić information content (AvgIpc) is 2.25. The molecular weight excluding hydrogens is 234 g/mol. The largest absolute Gasteiger partial charge is 0.296 e. The fourth-order valence-corrected chi connectivity index (χ4v) is 1.91. The number of nitrogens with zero attached hydrogens (tertiary/aromatic N) is 3. The van der Waals surface area contributed by atoms with Crippen LogP contribution in [-0.4, -0.2) is 23.0 Å². The Bertz CT molecular complexity index is 384. The third-order valence-electron chi connectivity index (χ3n) is 2.33. The van der Waals surface area contributed by atoms with Crippen LogP contribution in [0.15, 0.2) is 18.3 Å². The summed E-state index contributed by atoms with van der Waals surface area (Å²) in [7, 11) is 0. The normalized spacial score (nSPS) is 10.8. The van der Waals surface area contributed by atoms with Crippen molar-refractivity contribution in [2.75, 3.05) is 13.1 Å². The van der Waals surface area contributed by atoms with Crippen molar-refractivity contribution in [3.8, 4) is 6.07 Å². The highest BCUT2D eigenvalue weighted by Crippen LogP contribution is 2.11. The van der Waals surface area contributed by atoms with Crippen LogP contribution in [0.3, 0.4) is 0 Å². The van der Waals surface area contributed by atoms with E-state index in [4.69, 9.17) is 16.9 Å². The van der Waals surface area contributed by atoms with Gasteiger partial charge in [-0.05, 0) is 18.1 Å². The number of pyridine rings is 1. The minimum atomic E-state index is 0.549. The van der Waals surface area contributed by atoms with Crippen molar-refractivity contribution < 1.29 is 0 Å². The number of rotatable bonds is 6. The summed E-state index contributed by atoms with van der Waals surface area (Å²) in [6.45, 7) is 6.84. The Morgan fingerprint density at radius 2 is 2.29 bits per heavy atom. The van der Waals surface area contributed by atoms with Gasteiger partial charge in [0.1, 0.15) is 0 Å². The zero-order valence-electron chi connectivity index (χ0n) is 10.4. The Morgan fingerprint density at radius 1 is 1.53 bits per heavy atom. The van der Waals surface area contributed by atoms with E-state index in [9.17, 15) is 0 Å². The van der Waals surface area contributed by atoms with Crippen LogP contribution in [0.1, 0.15) is 26.0 Å². The Labute approximate surface area is 108 Å². The smallest absolute Gasteiger partial charge is 0.0635 e. The first-order chi connectivity index (χ1) is 8.11. The zero-order valence-corrected chi connectivity index (χ0v) is 11.1. The van der Waals surface area contributed by atoms with Crippen LogP contribution in [0.4, 0.5) is 0 Å². The van der Waals surface area contributed by atoms with Gasteiger partial charge in [0.25, 0.3) is 0 Å². The van der Waals surface area contributed by atoms with Crippen LogP contribution >= 0.6 is 11.6 Å². The summed E-state index contributed by atoms with van der Waals surface area (Å²) >= 11 is 5.93. The molecule has 0 atom stereocenters. The predicted molar refractivity (Wildman–Crippen MR) is 69.6 cm³/mol. The Kier molecular flexibility index (Phi) is 5.96. The highest BCUT2D eigenvalue weighted by molar-refractivity contribution is 6.30. The maximum atomic E-state index is 8.65. The fourth-order valence-electron chi connectivity index (χ4n) is 1.72.